The first-order valence-electron chi connectivity index (χ1n) is 9.95. The fourth-order valence-electron chi connectivity index (χ4n) is 3.12. The molecule has 0 bridgehead atoms. The molecular weight excluding hydrogens is 448 g/mol. The lowest BCUT2D eigenvalue weighted by Gasteiger charge is -2.13. The summed E-state index contributed by atoms with van der Waals surface area (Å²) in [5.74, 6) is -1.77. The number of carbonyl (C=O) groups excluding carboxylic acids is 3. The van der Waals surface area contributed by atoms with Crippen molar-refractivity contribution in [3.05, 3.63) is 53.3 Å². The number of aliphatic carboxylic acids is 1. The Morgan fingerprint density at radius 3 is 2.50 bits per heavy atom. The highest BCUT2D eigenvalue weighted by Gasteiger charge is 2.28. The number of carbonyl (C=O) groups is 4. The number of rotatable bonds is 10. The number of allylic oxidation sites excluding steroid dienone is 1. The van der Waals surface area contributed by atoms with Crippen molar-refractivity contribution in [2.24, 2.45) is 5.73 Å². The second-order valence-electron chi connectivity index (χ2n) is 7.12. The molecule has 0 saturated carbocycles. The highest BCUT2D eigenvalue weighted by molar-refractivity contribution is 6.14. The lowest BCUT2D eigenvalue weighted by atomic mass is 10.1. The summed E-state index contributed by atoms with van der Waals surface area (Å²) >= 11 is 0. The molecule has 34 heavy (non-hydrogen) atoms. The number of ketones is 1. The molecule has 2 amide bonds. The summed E-state index contributed by atoms with van der Waals surface area (Å²) in [6, 6.07) is 8.06. The van der Waals surface area contributed by atoms with E-state index in [1.54, 1.807) is 24.3 Å². The third kappa shape index (κ3) is 5.63. The van der Waals surface area contributed by atoms with E-state index in [2.05, 4.69) is 5.32 Å². The van der Waals surface area contributed by atoms with Crippen molar-refractivity contribution in [1.82, 2.24) is 5.32 Å². The predicted octanol–water partition coefficient (Wildman–Crippen LogP) is 1.14. The van der Waals surface area contributed by atoms with Crippen molar-refractivity contribution in [1.29, 1.82) is 0 Å². The number of methoxy groups -OCH3 is 2. The molecular formula is C23H22N2O9. The summed E-state index contributed by atoms with van der Waals surface area (Å²) in [5.41, 5.74) is 5.90. The molecule has 4 N–H and O–H groups in total. The van der Waals surface area contributed by atoms with Gasteiger partial charge in [0.25, 0.3) is 5.91 Å². The summed E-state index contributed by atoms with van der Waals surface area (Å²) in [4.78, 5) is 46.8. The van der Waals surface area contributed by atoms with Gasteiger partial charge in [-0.05, 0) is 30.3 Å². The quantitative estimate of drug-likeness (QED) is 0.432. The molecule has 11 nitrogen and oxygen atoms in total. The number of carboxylic acid groups (broad SMARTS) is 1. The molecule has 0 aromatic heterocycles. The summed E-state index contributed by atoms with van der Waals surface area (Å²) in [5, 5.41) is 11.2. The van der Waals surface area contributed by atoms with E-state index in [1.165, 1.54) is 32.4 Å². The van der Waals surface area contributed by atoms with Gasteiger partial charge in [-0.1, -0.05) is 0 Å². The molecule has 0 unspecified atom stereocenters. The standard InChI is InChI=1S/C23H22N2O9/c1-31-13-4-3-12(17(8-13)32-2)7-19-22(28)15-6-5-14(9-18(15)34-19)33-11-21(27)25-16(23(29)30)10-20(24)26/h3-9,16H,10-11H2,1-2H3,(H2,24,26)(H,25,27)(H,29,30)/t16-/m1/s1. The van der Waals surface area contributed by atoms with E-state index in [0.29, 0.717) is 22.6 Å². The van der Waals surface area contributed by atoms with Crippen molar-refractivity contribution in [2.45, 2.75) is 12.5 Å². The van der Waals surface area contributed by atoms with Crippen molar-refractivity contribution >= 4 is 29.6 Å². The van der Waals surface area contributed by atoms with Gasteiger partial charge in [-0.3, -0.25) is 14.4 Å². The number of benzene rings is 2. The Bertz CT molecular complexity index is 1170. The molecule has 1 heterocycles. The highest BCUT2D eigenvalue weighted by Crippen LogP contribution is 2.36. The number of fused-ring (bicyclic) bond motifs is 1. The maximum Gasteiger partial charge on any atom is 0.326 e. The van der Waals surface area contributed by atoms with Gasteiger partial charge in [-0.25, -0.2) is 4.79 Å². The summed E-state index contributed by atoms with van der Waals surface area (Å²) < 4.78 is 21.5. The third-order valence-corrected chi connectivity index (χ3v) is 4.78. The minimum absolute atomic E-state index is 0.0733. The van der Waals surface area contributed by atoms with Gasteiger partial charge in [-0.2, -0.15) is 0 Å². The Balaban J connectivity index is 1.69. The molecule has 1 atom stereocenters. The minimum atomic E-state index is -1.46. The van der Waals surface area contributed by atoms with Gasteiger partial charge in [-0.15, -0.1) is 0 Å². The number of amides is 2. The van der Waals surface area contributed by atoms with E-state index < -0.39 is 36.9 Å². The Kier molecular flexibility index (Phi) is 7.36. The zero-order valence-electron chi connectivity index (χ0n) is 18.3. The number of hydrogen-bond donors (Lipinski definition) is 3. The molecule has 2 aromatic carbocycles. The average Bonchev–Trinajstić information content (AvgIpc) is 3.11. The van der Waals surface area contributed by atoms with Crippen molar-refractivity contribution in [2.75, 3.05) is 20.8 Å². The number of carboxylic acids is 1. The first kappa shape index (κ1) is 24.1. The average molecular weight is 470 g/mol. The van der Waals surface area contributed by atoms with Gasteiger partial charge in [0.1, 0.15) is 29.0 Å². The Morgan fingerprint density at radius 2 is 1.85 bits per heavy atom. The van der Waals surface area contributed by atoms with Crippen LogP contribution in [-0.4, -0.2) is 55.5 Å². The largest absolute Gasteiger partial charge is 0.497 e. The van der Waals surface area contributed by atoms with Crippen LogP contribution in [0.5, 0.6) is 23.0 Å². The number of Topliss-reactive ketones (excluding diaryl/α,β-unsaturated/α-hetero) is 1. The van der Waals surface area contributed by atoms with Gasteiger partial charge in [0.15, 0.2) is 12.4 Å². The van der Waals surface area contributed by atoms with E-state index in [-0.39, 0.29) is 23.0 Å². The molecule has 0 spiro atoms. The van der Waals surface area contributed by atoms with Gasteiger partial charge >= 0.3 is 5.97 Å². The monoisotopic (exact) mass is 470 g/mol. The molecule has 2 aromatic rings. The Hall–Kier alpha value is -4.54. The smallest absolute Gasteiger partial charge is 0.326 e. The van der Waals surface area contributed by atoms with Crippen molar-refractivity contribution in [3.8, 4) is 23.0 Å². The molecule has 11 heteroatoms. The number of ether oxygens (including phenoxy) is 4. The summed E-state index contributed by atoms with van der Waals surface area (Å²) in [7, 11) is 3.03. The molecule has 0 fully saturated rings. The van der Waals surface area contributed by atoms with Gasteiger partial charge in [0, 0.05) is 17.7 Å². The predicted molar refractivity (Wildman–Crippen MR) is 118 cm³/mol. The SMILES string of the molecule is COc1ccc(C=C2Oc3cc(OCC(=O)N[C@H](CC(N)=O)C(=O)O)ccc3C2=O)c(OC)c1. The number of nitrogens with two attached hydrogens (primary N) is 1. The molecule has 178 valence electrons. The first-order chi connectivity index (χ1) is 16.2. The third-order valence-electron chi connectivity index (χ3n) is 4.78. The molecule has 3 rings (SSSR count). The lowest BCUT2D eigenvalue weighted by molar-refractivity contribution is -0.143. The lowest BCUT2D eigenvalue weighted by Crippen LogP contribution is -2.45. The number of primary amides is 1. The van der Waals surface area contributed by atoms with E-state index in [9.17, 15) is 19.2 Å². The molecule has 0 saturated heterocycles. The van der Waals surface area contributed by atoms with Crippen molar-refractivity contribution < 1.29 is 43.2 Å². The maximum atomic E-state index is 12.7. The van der Waals surface area contributed by atoms with Crippen LogP contribution in [0.25, 0.3) is 6.08 Å². The van der Waals surface area contributed by atoms with Crippen LogP contribution in [0.4, 0.5) is 0 Å². The highest BCUT2D eigenvalue weighted by atomic mass is 16.5. The van der Waals surface area contributed by atoms with Crippen LogP contribution < -0.4 is 30.0 Å². The summed E-state index contributed by atoms with van der Waals surface area (Å²) in [6.45, 7) is -0.527. The fourth-order valence-corrected chi connectivity index (χ4v) is 3.12. The number of hydrogen-bond acceptors (Lipinski definition) is 8. The maximum absolute atomic E-state index is 12.7. The van der Waals surface area contributed by atoms with Crippen LogP contribution >= 0.6 is 0 Å². The van der Waals surface area contributed by atoms with Gasteiger partial charge in [0.2, 0.25) is 11.7 Å². The minimum Gasteiger partial charge on any atom is -0.497 e. The van der Waals surface area contributed by atoms with Gasteiger partial charge < -0.3 is 35.1 Å². The Morgan fingerprint density at radius 1 is 1.12 bits per heavy atom. The second-order valence-corrected chi connectivity index (χ2v) is 7.12. The fraction of sp³-hybridized carbons (Fsp3) is 0.217. The van der Waals surface area contributed by atoms with Crippen LogP contribution in [-0.2, 0) is 14.4 Å². The van der Waals surface area contributed by atoms with E-state index in [4.69, 9.17) is 29.8 Å². The molecule has 0 radical (unpaired) electrons. The van der Waals surface area contributed by atoms with E-state index in [0.717, 1.165) is 0 Å². The van der Waals surface area contributed by atoms with E-state index >= 15 is 0 Å². The van der Waals surface area contributed by atoms with Gasteiger partial charge in [0.05, 0.1) is 26.2 Å². The van der Waals surface area contributed by atoms with Crippen molar-refractivity contribution in [3.63, 3.8) is 0 Å². The van der Waals surface area contributed by atoms with Crippen LogP contribution in [0, 0.1) is 0 Å². The second kappa shape index (κ2) is 10.4. The first-order valence-corrected chi connectivity index (χ1v) is 9.95. The molecule has 1 aliphatic rings. The summed E-state index contributed by atoms with van der Waals surface area (Å²) in [6.07, 6.45) is 0.989. The van der Waals surface area contributed by atoms with Crippen LogP contribution in [0.2, 0.25) is 0 Å². The van der Waals surface area contributed by atoms with Crippen LogP contribution in [0.3, 0.4) is 0 Å². The zero-order chi connectivity index (χ0) is 24.8. The normalized spacial score (nSPS) is 14.1. The number of nitrogens with one attached hydrogen (secondary N) is 1. The molecule has 0 aliphatic carbocycles. The van der Waals surface area contributed by atoms with Crippen LogP contribution in [0.15, 0.2) is 42.2 Å². The van der Waals surface area contributed by atoms with E-state index in [1.807, 2.05) is 0 Å². The van der Waals surface area contributed by atoms with Crippen LogP contribution in [0.1, 0.15) is 22.3 Å². The Labute approximate surface area is 194 Å². The molecule has 1 aliphatic heterocycles. The topological polar surface area (TPSA) is 163 Å². The zero-order valence-corrected chi connectivity index (χ0v) is 18.3.